The maximum atomic E-state index is 12.7. The van der Waals surface area contributed by atoms with Gasteiger partial charge >= 0.3 is 5.97 Å². The van der Waals surface area contributed by atoms with Crippen LogP contribution in [0.4, 0.5) is 0 Å². The van der Waals surface area contributed by atoms with Crippen molar-refractivity contribution in [1.82, 2.24) is 4.31 Å². The highest BCUT2D eigenvalue weighted by molar-refractivity contribution is 7.89. The van der Waals surface area contributed by atoms with Crippen LogP contribution in [-0.4, -0.2) is 35.4 Å². The van der Waals surface area contributed by atoms with Crippen LogP contribution in [0.2, 0.25) is 0 Å². The van der Waals surface area contributed by atoms with Crippen LogP contribution in [0.5, 0.6) is 0 Å². The van der Waals surface area contributed by atoms with Crippen molar-refractivity contribution in [3.05, 3.63) is 29.8 Å². The van der Waals surface area contributed by atoms with E-state index in [4.69, 9.17) is 5.11 Å². The molecule has 1 atom stereocenters. The lowest BCUT2D eigenvalue weighted by molar-refractivity contribution is -0.142. The molecule has 0 aromatic heterocycles. The molecule has 0 aliphatic carbocycles. The smallest absolute Gasteiger partial charge is 0.321 e. The minimum Gasteiger partial charge on any atom is -0.480 e. The van der Waals surface area contributed by atoms with E-state index in [0.29, 0.717) is 0 Å². The Kier molecular flexibility index (Phi) is 4.61. The number of carboxylic acid groups (broad SMARTS) is 1. The number of sulfonamides is 1. The molecule has 1 aromatic carbocycles. The first-order chi connectivity index (χ1) is 8.98. The van der Waals surface area contributed by atoms with Crippen LogP contribution in [0.3, 0.4) is 0 Å². The average molecular weight is 299 g/mol. The molecule has 0 unspecified atom stereocenters. The minimum atomic E-state index is -3.87. The van der Waals surface area contributed by atoms with Crippen LogP contribution in [0.1, 0.15) is 33.3 Å². The normalized spacial score (nSPS) is 14.3. The molecular formula is C14H21NO4S. The van der Waals surface area contributed by atoms with E-state index in [1.54, 1.807) is 32.9 Å². The molecule has 20 heavy (non-hydrogen) atoms. The van der Waals surface area contributed by atoms with Crippen molar-refractivity contribution < 1.29 is 18.3 Å². The summed E-state index contributed by atoms with van der Waals surface area (Å²) in [4.78, 5) is 11.3. The van der Waals surface area contributed by atoms with Crippen molar-refractivity contribution in [1.29, 1.82) is 0 Å². The van der Waals surface area contributed by atoms with E-state index in [0.717, 1.165) is 9.87 Å². The quantitative estimate of drug-likeness (QED) is 0.925. The van der Waals surface area contributed by atoms with E-state index < -0.39 is 27.6 Å². The molecule has 0 saturated heterocycles. The van der Waals surface area contributed by atoms with Crippen molar-refractivity contribution in [2.24, 2.45) is 0 Å². The molecule has 112 valence electrons. The second kappa shape index (κ2) is 5.54. The number of carboxylic acids is 1. The Bertz CT molecular complexity index is 585. The van der Waals surface area contributed by atoms with Gasteiger partial charge in [-0.15, -0.1) is 0 Å². The fraction of sp³-hybridized carbons (Fsp3) is 0.500. The summed E-state index contributed by atoms with van der Waals surface area (Å²) in [5, 5.41) is 9.16. The minimum absolute atomic E-state index is 0.103. The van der Waals surface area contributed by atoms with Crippen molar-refractivity contribution in [3.63, 3.8) is 0 Å². The molecule has 1 aromatic rings. The lowest BCUT2D eigenvalue weighted by atomic mass is 10.1. The van der Waals surface area contributed by atoms with E-state index in [1.165, 1.54) is 19.1 Å². The third-order valence-electron chi connectivity index (χ3n) is 2.95. The van der Waals surface area contributed by atoms with Gasteiger partial charge in [0.15, 0.2) is 0 Å². The Morgan fingerprint density at radius 3 is 2.00 bits per heavy atom. The average Bonchev–Trinajstić information content (AvgIpc) is 2.26. The highest BCUT2D eigenvalue weighted by atomic mass is 32.2. The number of aryl methyl sites for hydroxylation is 1. The van der Waals surface area contributed by atoms with Crippen LogP contribution < -0.4 is 0 Å². The van der Waals surface area contributed by atoms with Crippen LogP contribution in [0.15, 0.2) is 29.2 Å². The van der Waals surface area contributed by atoms with Crippen molar-refractivity contribution in [3.8, 4) is 0 Å². The van der Waals surface area contributed by atoms with Gasteiger partial charge in [0.1, 0.15) is 6.04 Å². The van der Waals surface area contributed by atoms with Gasteiger partial charge in [-0.1, -0.05) is 17.7 Å². The summed E-state index contributed by atoms with van der Waals surface area (Å²) in [6.07, 6.45) is 0. The zero-order valence-electron chi connectivity index (χ0n) is 12.4. The van der Waals surface area contributed by atoms with Gasteiger partial charge in [0.05, 0.1) is 4.90 Å². The third kappa shape index (κ3) is 3.37. The van der Waals surface area contributed by atoms with Crippen LogP contribution in [0.25, 0.3) is 0 Å². The molecule has 5 nitrogen and oxygen atoms in total. The molecule has 1 rings (SSSR count). The van der Waals surface area contributed by atoms with Crippen LogP contribution in [-0.2, 0) is 14.8 Å². The summed E-state index contributed by atoms with van der Waals surface area (Å²) in [5.74, 6) is -1.17. The van der Waals surface area contributed by atoms with E-state index >= 15 is 0 Å². The molecule has 0 saturated carbocycles. The predicted octanol–water partition coefficient (Wildman–Crippen LogP) is 2.26. The Morgan fingerprint density at radius 2 is 1.65 bits per heavy atom. The Morgan fingerprint density at radius 1 is 1.20 bits per heavy atom. The second-order valence-electron chi connectivity index (χ2n) is 5.80. The van der Waals surface area contributed by atoms with Gasteiger partial charge in [-0.3, -0.25) is 4.79 Å². The number of rotatable bonds is 4. The molecule has 6 heteroatoms. The zero-order valence-corrected chi connectivity index (χ0v) is 13.2. The Balaban J connectivity index is 3.39. The summed E-state index contributed by atoms with van der Waals surface area (Å²) in [7, 11) is -3.87. The standard InChI is InChI=1S/C14H21NO4S/c1-10-6-8-12(9-7-10)20(18,19)15(14(3,4)5)11(2)13(16)17/h6-9,11H,1-5H3,(H,16,17)/t11-/m1/s1. The first-order valence-corrected chi connectivity index (χ1v) is 7.76. The number of hydrogen-bond donors (Lipinski definition) is 1. The SMILES string of the molecule is Cc1ccc(S(=O)(=O)N([C@H](C)C(=O)O)C(C)(C)C)cc1. The monoisotopic (exact) mass is 299 g/mol. The lowest BCUT2D eigenvalue weighted by Crippen LogP contribution is -2.53. The molecule has 1 N–H and O–H groups in total. The topological polar surface area (TPSA) is 74.7 Å². The summed E-state index contributed by atoms with van der Waals surface area (Å²) >= 11 is 0. The van der Waals surface area contributed by atoms with Crippen molar-refractivity contribution >= 4 is 16.0 Å². The lowest BCUT2D eigenvalue weighted by Gasteiger charge is -2.37. The van der Waals surface area contributed by atoms with E-state index in [2.05, 4.69) is 0 Å². The summed E-state index contributed by atoms with van der Waals surface area (Å²) in [5.41, 5.74) is 0.110. The molecule has 0 fully saturated rings. The van der Waals surface area contributed by atoms with Gasteiger partial charge in [-0.05, 0) is 46.8 Å². The van der Waals surface area contributed by atoms with Gasteiger partial charge < -0.3 is 5.11 Å². The van der Waals surface area contributed by atoms with Gasteiger partial charge in [0.2, 0.25) is 10.0 Å². The van der Waals surface area contributed by atoms with Crippen molar-refractivity contribution in [2.75, 3.05) is 0 Å². The molecule has 0 amide bonds. The van der Waals surface area contributed by atoms with Gasteiger partial charge in [-0.25, -0.2) is 8.42 Å². The molecule has 0 spiro atoms. The Labute approximate surface area is 120 Å². The highest BCUT2D eigenvalue weighted by Gasteiger charge is 2.40. The van der Waals surface area contributed by atoms with E-state index in [1.807, 2.05) is 6.92 Å². The third-order valence-corrected chi connectivity index (χ3v) is 5.20. The maximum absolute atomic E-state index is 12.7. The number of nitrogens with zero attached hydrogens (tertiary/aromatic N) is 1. The first kappa shape index (κ1) is 16.7. The number of hydrogen-bond acceptors (Lipinski definition) is 3. The predicted molar refractivity (Wildman–Crippen MR) is 77.1 cm³/mol. The fourth-order valence-corrected chi connectivity index (χ4v) is 4.01. The fourth-order valence-electron chi connectivity index (χ4n) is 2.07. The van der Waals surface area contributed by atoms with Crippen molar-refractivity contribution in [2.45, 2.75) is 51.1 Å². The molecule has 0 radical (unpaired) electrons. The van der Waals surface area contributed by atoms with Crippen LogP contribution >= 0.6 is 0 Å². The zero-order chi connectivity index (χ0) is 15.7. The maximum Gasteiger partial charge on any atom is 0.321 e. The van der Waals surface area contributed by atoms with Gasteiger partial charge in [-0.2, -0.15) is 4.31 Å². The molecule has 0 heterocycles. The van der Waals surface area contributed by atoms with E-state index in [-0.39, 0.29) is 4.90 Å². The second-order valence-corrected chi connectivity index (χ2v) is 7.61. The molecular weight excluding hydrogens is 278 g/mol. The molecule has 0 aliphatic heterocycles. The first-order valence-electron chi connectivity index (χ1n) is 6.32. The number of aliphatic carboxylic acids is 1. The van der Waals surface area contributed by atoms with E-state index in [9.17, 15) is 13.2 Å². The number of carbonyl (C=O) groups is 1. The Hall–Kier alpha value is -1.40. The molecule has 0 aliphatic rings. The highest BCUT2D eigenvalue weighted by Crippen LogP contribution is 2.27. The summed E-state index contributed by atoms with van der Waals surface area (Å²) in [6, 6.07) is 5.25. The number of benzene rings is 1. The summed E-state index contributed by atoms with van der Waals surface area (Å²) < 4.78 is 26.4. The van der Waals surface area contributed by atoms with Crippen LogP contribution in [0, 0.1) is 6.92 Å². The summed E-state index contributed by atoms with van der Waals surface area (Å²) in [6.45, 7) is 8.27. The largest absolute Gasteiger partial charge is 0.480 e. The molecule has 0 bridgehead atoms. The van der Waals surface area contributed by atoms with Gasteiger partial charge in [0.25, 0.3) is 0 Å². The van der Waals surface area contributed by atoms with Gasteiger partial charge in [0, 0.05) is 5.54 Å².